The lowest BCUT2D eigenvalue weighted by atomic mass is 9.99. The zero-order chi connectivity index (χ0) is 14.4. The van der Waals surface area contributed by atoms with Crippen molar-refractivity contribution in [2.45, 2.75) is 50.3 Å². The van der Waals surface area contributed by atoms with Gasteiger partial charge in [0.1, 0.15) is 0 Å². The summed E-state index contributed by atoms with van der Waals surface area (Å²) in [5, 5.41) is 0. The van der Waals surface area contributed by atoms with Gasteiger partial charge in [-0.2, -0.15) is 0 Å². The Morgan fingerprint density at radius 3 is 2.70 bits per heavy atom. The largest absolute Gasteiger partial charge is 0.224 e. The molecule has 0 amide bonds. The van der Waals surface area contributed by atoms with Crippen molar-refractivity contribution in [1.29, 1.82) is 0 Å². The summed E-state index contributed by atoms with van der Waals surface area (Å²) in [6.07, 6.45) is 8.93. The third-order valence-corrected chi connectivity index (χ3v) is 5.84. The molecule has 0 radical (unpaired) electrons. The van der Waals surface area contributed by atoms with E-state index in [2.05, 4.69) is 13.0 Å². The summed E-state index contributed by atoms with van der Waals surface area (Å²) >= 11 is 0. The minimum absolute atomic E-state index is 0.269. The first-order valence-electron chi connectivity index (χ1n) is 7.60. The van der Waals surface area contributed by atoms with Crippen molar-refractivity contribution in [3.8, 4) is 0 Å². The Hall–Kier alpha value is -1.09. The Morgan fingerprint density at radius 2 is 2.00 bits per heavy atom. The van der Waals surface area contributed by atoms with Crippen LogP contribution in [0, 0.1) is 5.92 Å². The number of hydrogen-bond acceptors (Lipinski definition) is 2. The van der Waals surface area contributed by atoms with E-state index in [1.165, 1.54) is 18.4 Å². The SMILES string of the molecule is CCC/C=C1\CCCC1CCS(=O)(=O)c1ccccc1. The molecule has 1 fully saturated rings. The van der Waals surface area contributed by atoms with Crippen LogP contribution in [0.5, 0.6) is 0 Å². The van der Waals surface area contributed by atoms with Gasteiger partial charge in [0, 0.05) is 0 Å². The Balaban J connectivity index is 1.98. The van der Waals surface area contributed by atoms with E-state index >= 15 is 0 Å². The molecule has 1 saturated carbocycles. The van der Waals surface area contributed by atoms with E-state index in [0.29, 0.717) is 10.8 Å². The minimum atomic E-state index is -3.12. The second kappa shape index (κ2) is 7.07. The lowest BCUT2D eigenvalue weighted by molar-refractivity contribution is 0.568. The molecule has 0 saturated heterocycles. The molecule has 3 heteroatoms. The molecule has 0 heterocycles. The van der Waals surface area contributed by atoms with Gasteiger partial charge in [-0.25, -0.2) is 8.42 Å². The summed E-state index contributed by atoms with van der Waals surface area (Å²) in [6.45, 7) is 2.18. The Morgan fingerprint density at radius 1 is 1.25 bits per heavy atom. The molecule has 20 heavy (non-hydrogen) atoms. The molecule has 1 aliphatic carbocycles. The van der Waals surface area contributed by atoms with Crippen molar-refractivity contribution in [2.75, 3.05) is 5.75 Å². The molecule has 2 rings (SSSR count). The first-order chi connectivity index (χ1) is 9.63. The van der Waals surface area contributed by atoms with Crippen molar-refractivity contribution in [3.05, 3.63) is 42.0 Å². The van der Waals surface area contributed by atoms with E-state index in [-0.39, 0.29) is 5.75 Å². The van der Waals surface area contributed by atoms with Crippen LogP contribution in [-0.4, -0.2) is 14.2 Å². The van der Waals surface area contributed by atoms with Gasteiger partial charge in [-0.05, 0) is 50.2 Å². The van der Waals surface area contributed by atoms with Crippen LogP contribution in [0.3, 0.4) is 0 Å². The van der Waals surface area contributed by atoms with Crippen molar-refractivity contribution in [2.24, 2.45) is 5.92 Å². The van der Waals surface area contributed by atoms with Gasteiger partial charge >= 0.3 is 0 Å². The molecule has 1 unspecified atom stereocenters. The average Bonchev–Trinajstić information content (AvgIpc) is 2.91. The normalized spacial score (nSPS) is 21.4. The van der Waals surface area contributed by atoms with Crippen LogP contribution >= 0.6 is 0 Å². The molecule has 1 aromatic carbocycles. The first kappa shape index (κ1) is 15.3. The van der Waals surface area contributed by atoms with Crippen LogP contribution in [0.2, 0.25) is 0 Å². The van der Waals surface area contributed by atoms with Crippen molar-refractivity contribution in [1.82, 2.24) is 0 Å². The standard InChI is InChI=1S/C17H24O2S/c1-2-3-8-15-9-7-10-16(15)13-14-20(18,19)17-11-5-4-6-12-17/h4-6,8,11-12,16H,2-3,7,9-10,13-14H2,1H3/b15-8+. The van der Waals surface area contributed by atoms with Gasteiger partial charge in [0.2, 0.25) is 0 Å². The van der Waals surface area contributed by atoms with E-state index in [1.54, 1.807) is 24.3 Å². The number of rotatable bonds is 6. The van der Waals surface area contributed by atoms with E-state index < -0.39 is 9.84 Å². The van der Waals surface area contributed by atoms with Crippen LogP contribution in [0.25, 0.3) is 0 Å². The minimum Gasteiger partial charge on any atom is -0.224 e. The highest BCUT2D eigenvalue weighted by Crippen LogP contribution is 2.34. The maximum atomic E-state index is 12.3. The number of hydrogen-bond donors (Lipinski definition) is 0. The second-order valence-corrected chi connectivity index (χ2v) is 7.69. The highest BCUT2D eigenvalue weighted by atomic mass is 32.2. The summed E-state index contributed by atoms with van der Waals surface area (Å²) in [6, 6.07) is 8.81. The van der Waals surface area contributed by atoms with Crippen LogP contribution in [0.1, 0.15) is 45.4 Å². The molecule has 110 valence electrons. The first-order valence-corrected chi connectivity index (χ1v) is 9.25. The second-order valence-electron chi connectivity index (χ2n) is 5.58. The van der Waals surface area contributed by atoms with Crippen molar-refractivity contribution >= 4 is 9.84 Å². The molecule has 0 N–H and O–H groups in total. The van der Waals surface area contributed by atoms with Gasteiger partial charge in [0.15, 0.2) is 9.84 Å². The fraction of sp³-hybridized carbons (Fsp3) is 0.529. The smallest absolute Gasteiger partial charge is 0.178 e. The third-order valence-electron chi connectivity index (χ3n) is 4.07. The van der Waals surface area contributed by atoms with Gasteiger partial charge in [-0.3, -0.25) is 0 Å². The summed E-state index contributed by atoms with van der Waals surface area (Å²) in [7, 11) is -3.12. The van der Waals surface area contributed by atoms with E-state index in [9.17, 15) is 8.42 Å². The van der Waals surface area contributed by atoms with Crippen LogP contribution in [-0.2, 0) is 9.84 Å². The quantitative estimate of drug-likeness (QED) is 0.729. The molecule has 0 aromatic heterocycles. The molecule has 2 nitrogen and oxygen atoms in total. The molecule has 1 atom stereocenters. The summed E-state index contributed by atoms with van der Waals surface area (Å²) in [4.78, 5) is 0.456. The zero-order valence-corrected chi connectivity index (χ0v) is 13.0. The monoisotopic (exact) mass is 292 g/mol. The fourth-order valence-corrected chi connectivity index (χ4v) is 4.32. The molecular formula is C17H24O2S. The summed E-state index contributed by atoms with van der Waals surface area (Å²) < 4.78 is 24.6. The molecule has 1 aliphatic rings. The van der Waals surface area contributed by atoms with Gasteiger partial charge in [-0.1, -0.05) is 43.2 Å². The topological polar surface area (TPSA) is 34.1 Å². The third kappa shape index (κ3) is 3.95. The Bertz CT molecular complexity index is 544. The van der Waals surface area contributed by atoms with Gasteiger partial charge in [-0.15, -0.1) is 0 Å². The van der Waals surface area contributed by atoms with Crippen LogP contribution in [0.4, 0.5) is 0 Å². The maximum absolute atomic E-state index is 12.3. The molecule has 1 aromatic rings. The lowest BCUT2D eigenvalue weighted by Crippen LogP contribution is -2.11. The number of unbranched alkanes of at least 4 members (excludes halogenated alkanes) is 1. The molecule has 0 spiro atoms. The predicted molar refractivity (Wildman–Crippen MR) is 83.4 cm³/mol. The zero-order valence-electron chi connectivity index (χ0n) is 12.2. The van der Waals surface area contributed by atoms with Gasteiger partial charge < -0.3 is 0 Å². The Kier molecular flexibility index (Phi) is 5.41. The Labute approximate surface area is 122 Å². The van der Waals surface area contributed by atoms with Crippen molar-refractivity contribution in [3.63, 3.8) is 0 Å². The number of allylic oxidation sites excluding steroid dienone is 2. The van der Waals surface area contributed by atoms with Crippen LogP contribution in [0.15, 0.2) is 46.9 Å². The lowest BCUT2D eigenvalue weighted by Gasteiger charge is -2.12. The maximum Gasteiger partial charge on any atom is 0.178 e. The predicted octanol–water partition coefficient (Wildman–Crippen LogP) is 4.38. The van der Waals surface area contributed by atoms with Crippen LogP contribution < -0.4 is 0 Å². The highest BCUT2D eigenvalue weighted by Gasteiger charge is 2.23. The molecular weight excluding hydrogens is 268 g/mol. The fourth-order valence-electron chi connectivity index (χ4n) is 2.91. The number of benzene rings is 1. The van der Waals surface area contributed by atoms with E-state index in [4.69, 9.17) is 0 Å². The molecule has 0 aliphatic heterocycles. The highest BCUT2D eigenvalue weighted by molar-refractivity contribution is 7.91. The van der Waals surface area contributed by atoms with Gasteiger partial charge in [0.05, 0.1) is 10.6 Å². The summed E-state index contributed by atoms with van der Waals surface area (Å²) in [5.41, 5.74) is 1.50. The van der Waals surface area contributed by atoms with Gasteiger partial charge in [0.25, 0.3) is 0 Å². The molecule has 0 bridgehead atoms. The van der Waals surface area contributed by atoms with E-state index in [1.807, 2.05) is 6.07 Å². The summed E-state index contributed by atoms with van der Waals surface area (Å²) in [5.74, 6) is 0.755. The number of sulfone groups is 1. The van der Waals surface area contributed by atoms with Crippen molar-refractivity contribution < 1.29 is 8.42 Å². The average molecular weight is 292 g/mol. The van der Waals surface area contributed by atoms with E-state index in [0.717, 1.165) is 25.7 Å².